The van der Waals surface area contributed by atoms with Gasteiger partial charge in [0.25, 0.3) is 5.91 Å². The SMILES string of the molecule is COc1ccc2c(c1OC)C(=O)N(Cc1ccc(Cl)cc1)C2c1nnnn1C1CCCCC1. The average molecular weight is 468 g/mol. The van der Waals surface area contributed by atoms with Crippen LogP contribution in [0.2, 0.25) is 5.02 Å². The standard InChI is InChI=1S/C24H26ClN5O3/c1-32-19-13-12-18-20(22(19)33-2)24(31)29(14-15-8-10-16(25)11-9-15)21(18)23-26-27-28-30(23)17-6-4-3-5-7-17/h8-13,17,21H,3-7,14H2,1-2H3. The first-order chi connectivity index (χ1) is 16.1. The number of aromatic nitrogens is 4. The number of halogens is 1. The molecule has 2 aliphatic rings. The van der Waals surface area contributed by atoms with E-state index >= 15 is 0 Å². The maximum atomic E-state index is 13.8. The zero-order valence-electron chi connectivity index (χ0n) is 18.7. The van der Waals surface area contributed by atoms with Gasteiger partial charge in [-0.15, -0.1) is 5.10 Å². The number of hydrogen-bond acceptors (Lipinski definition) is 6. The largest absolute Gasteiger partial charge is 0.493 e. The number of ether oxygens (including phenoxy) is 2. The number of carbonyl (C=O) groups is 1. The highest BCUT2D eigenvalue weighted by Gasteiger charge is 2.44. The second-order valence-corrected chi connectivity index (χ2v) is 8.94. The number of methoxy groups -OCH3 is 2. The summed E-state index contributed by atoms with van der Waals surface area (Å²) in [5.74, 6) is 1.48. The molecule has 1 unspecified atom stereocenters. The van der Waals surface area contributed by atoms with Gasteiger partial charge in [-0.25, -0.2) is 4.68 Å². The van der Waals surface area contributed by atoms with Crippen LogP contribution in [0, 0.1) is 0 Å². The third-order valence-electron chi connectivity index (χ3n) is 6.61. The molecule has 3 aromatic rings. The van der Waals surface area contributed by atoms with Crippen molar-refractivity contribution >= 4 is 17.5 Å². The summed E-state index contributed by atoms with van der Waals surface area (Å²) >= 11 is 6.08. The molecule has 2 heterocycles. The van der Waals surface area contributed by atoms with E-state index in [1.165, 1.54) is 6.42 Å². The normalized spacial score (nSPS) is 18.5. The zero-order chi connectivity index (χ0) is 22.9. The van der Waals surface area contributed by atoms with E-state index in [-0.39, 0.29) is 11.9 Å². The Morgan fingerprint density at radius 1 is 1.03 bits per heavy atom. The molecule has 0 radical (unpaired) electrons. The van der Waals surface area contributed by atoms with Crippen molar-refractivity contribution in [3.05, 3.63) is 63.9 Å². The Balaban J connectivity index is 1.63. The summed E-state index contributed by atoms with van der Waals surface area (Å²) in [6.07, 6.45) is 5.62. The number of nitrogens with zero attached hydrogens (tertiary/aromatic N) is 5. The van der Waals surface area contributed by atoms with E-state index in [1.54, 1.807) is 19.1 Å². The summed E-state index contributed by atoms with van der Waals surface area (Å²) in [5, 5.41) is 13.5. The fraction of sp³-hybridized carbons (Fsp3) is 0.417. The number of carbonyl (C=O) groups excluding carboxylic acids is 1. The Morgan fingerprint density at radius 3 is 2.48 bits per heavy atom. The van der Waals surface area contributed by atoms with E-state index in [9.17, 15) is 4.79 Å². The lowest BCUT2D eigenvalue weighted by atomic mass is 9.95. The first kappa shape index (κ1) is 21.7. The van der Waals surface area contributed by atoms with Gasteiger partial charge in [0.15, 0.2) is 17.3 Å². The first-order valence-corrected chi connectivity index (χ1v) is 11.6. The molecule has 0 bridgehead atoms. The molecule has 5 rings (SSSR count). The first-order valence-electron chi connectivity index (χ1n) is 11.2. The topological polar surface area (TPSA) is 82.4 Å². The second-order valence-electron chi connectivity index (χ2n) is 8.50. The van der Waals surface area contributed by atoms with Gasteiger partial charge in [0.1, 0.15) is 6.04 Å². The van der Waals surface area contributed by atoms with Crippen molar-refractivity contribution in [2.24, 2.45) is 0 Å². The third-order valence-corrected chi connectivity index (χ3v) is 6.86. The van der Waals surface area contributed by atoms with E-state index < -0.39 is 6.04 Å². The molecule has 1 aliphatic heterocycles. The van der Waals surface area contributed by atoms with Crippen molar-refractivity contribution in [3.8, 4) is 11.5 Å². The number of amides is 1. The van der Waals surface area contributed by atoms with Crippen LogP contribution in [0.15, 0.2) is 36.4 Å². The molecule has 2 aromatic carbocycles. The highest BCUT2D eigenvalue weighted by Crippen LogP contribution is 2.46. The van der Waals surface area contributed by atoms with Crippen LogP contribution in [0.3, 0.4) is 0 Å². The van der Waals surface area contributed by atoms with Gasteiger partial charge in [-0.2, -0.15) is 0 Å². The molecule has 1 aliphatic carbocycles. The summed E-state index contributed by atoms with van der Waals surface area (Å²) in [6, 6.07) is 11.1. The Hall–Kier alpha value is -3.13. The van der Waals surface area contributed by atoms with E-state index in [0.717, 1.165) is 36.8 Å². The van der Waals surface area contributed by atoms with Gasteiger partial charge in [0, 0.05) is 11.6 Å². The molecule has 0 N–H and O–H groups in total. The fourth-order valence-corrected chi connectivity index (χ4v) is 5.14. The maximum absolute atomic E-state index is 13.8. The molecule has 8 nitrogen and oxygen atoms in total. The van der Waals surface area contributed by atoms with Gasteiger partial charge in [0.2, 0.25) is 0 Å². The molecule has 1 amide bonds. The minimum Gasteiger partial charge on any atom is -0.493 e. The van der Waals surface area contributed by atoms with Crippen LogP contribution < -0.4 is 9.47 Å². The van der Waals surface area contributed by atoms with Gasteiger partial charge in [-0.3, -0.25) is 4.79 Å². The smallest absolute Gasteiger partial charge is 0.259 e. The van der Waals surface area contributed by atoms with Crippen molar-refractivity contribution in [2.75, 3.05) is 14.2 Å². The van der Waals surface area contributed by atoms with E-state index in [0.29, 0.717) is 34.5 Å². The van der Waals surface area contributed by atoms with Crippen molar-refractivity contribution in [1.82, 2.24) is 25.1 Å². The van der Waals surface area contributed by atoms with Gasteiger partial charge < -0.3 is 14.4 Å². The molecule has 33 heavy (non-hydrogen) atoms. The lowest BCUT2D eigenvalue weighted by Crippen LogP contribution is -2.31. The summed E-state index contributed by atoms with van der Waals surface area (Å²) in [4.78, 5) is 15.6. The summed E-state index contributed by atoms with van der Waals surface area (Å²) < 4.78 is 13.0. The van der Waals surface area contributed by atoms with Crippen LogP contribution in [0.1, 0.15) is 71.5 Å². The highest BCUT2D eigenvalue weighted by molar-refractivity contribution is 6.30. The number of benzene rings is 2. The van der Waals surface area contributed by atoms with E-state index in [2.05, 4.69) is 15.5 Å². The molecule has 1 saturated carbocycles. The van der Waals surface area contributed by atoms with Crippen molar-refractivity contribution in [1.29, 1.82) is 0 Å². The number of rotatable bonds is 6. The van der Waals surface area contributed by atoms with Crippen LogP contribution in [-0.2, 0) is 6.54 Å². The number of hydrogen-bond donors (Lipinski definition) is 0. The molecule has 172 valence electrons. The Bertz CT molecular complexity index is 1160. The van der Waals surface area contributed by atoms with Crippen molar-refractivity contribution in [2.45, 2.75) is 50.7 Å². The maximum Gasteiger partial charge on any atom is 0.259 e. The highest BCUT2D eigenvalue weighted by atomic mass is 35.5. The van der Waals surface area contributed by atoms with Crippen LogP contribution in [0.4, 0.5) is 0 Å². The van der Waals surface area contributed by atoms with Crippen LogP contribution in [0.5, 0.6) is 11.5 Å². The van der Waals surface area contributed by atoms with E-state index in [1.807, 2.05) is 41.1 Å². The zero-order valence-corrected chi connectivity index (χ0v) is 19.5. The van der Waals surface area contributed by atoms with Gasteiger partial charge in [-0.05, 0) is 52.6 Å². The predicted octanol–water partition coefficient (Wildman–Crippen LogP) is 4.59. The minimum atomic E-state index is -0.431. The van der Waals surface area contributed by atoms with Crippen LogP contribution >= 0.6 is 11.6 Å². The lowest BCUT2D eigenvalue weighted by molar-refractivity contribution is 0.0722. The molecule has 1 fully saturated rings. The monoisotopic (exact) mass is 467 g/mol. The van der Waals surface area contributed by atoms with Gasteiger partial charge in [-0.1, -0.05) is 49.1 Å². The summed E-state index contributed by atoms with van der Waals surface area (Å²) in [7, 11) is 3.12. The third kappa shape index (κ3) is 3.82. The second kappa shape index (κ2) is 9.02. The lowest BCUT2D eigenvalue weighted by Gasteiger charge is -2.28. The number of tetrazole rings is 1. The van der Waals surface area contributed by atoms with Crippen LogP contribution in [0.25, 0.3) is 0 Å². The van der Waals surface area contributed by atoms with Gasteiger partial charge >= 0.3 is 0 Å². The Labute approximate surface area is 197 Å². The molecule has 0 spiro atoms. The quantitative estimate of drug-likeness (QED) is 0.527. The summed E-state index contributed by atoms with van der Waals surface area (Å²) in [5.41, 5.74) is 2.28. The molecular weight excluding hydrogens is 442 g/mol. The predicted molar refractivity (Wildman–Crippen MR) is 123 cm³/mol. The average Bonchev–Trinajstić information content (AvgIpc) is 3.43. The summed E-state index contributed by atoms with van der Waals surface area (Å²) in [6.45, 7) is 0.387. The molecule has 1 atom stereocenters. The minimum absolute atomic E-state index is 0.140. The molecule has 9 heteroatoms. The van der Waals surface area contributed by atoms with E-state index in [4.69, 9.17) is 21.1 Å². The number of fused-ring (bicyclic) bond motifs is 1. The fourth-order valence-electron chi connectivity index (χ4n) is 5.01. The Morgan fingerprint density at radius 2 is 1.79 bits per heavy atom. The molecular formula is C24H26ClN5O3. The van der Waals surface area contributed by atoms with Gasteiger partial charge in [0.05, 0.1) is 25.8 Å². The van der Waals surface area contributed by atoms with Crippen LogP contribution in [-0.4, -0.2) is 45.2 Å². The van der Waals surface area contributed by atoms with Crippen molar-refractivity contribution in [3.63, 3.8) is 0 Å². The Kier molecular flexibility index (Phi) is 5.93. The van der Waals surface area contributed by atoms with Crippen molar-refractivity contribution < 1.29 is 14.3 Å². The molecule has 0 saturated heterocycles. The molecule has 1 aromatic heterocycles.